The first-order valence-corrected chi connectivity index (χ1v) is 7.33. The van der Waals surface area contributed by atoms with Gasteiger partial charge in [-0.15, -0.1) is 0 Å². The first-order valence-electron chi connectivity index (χ1n) is 7.33. The molecular formula is C15H17F2N3O2. The standard InChI is InChI=1S/C15H17F2N3O2/c16-13(17)9-18-14(21)11-6-3-4-8-20(11)15-19-10-5-1-2-7-12(10)22-15/h1-2,5,7,11,13H,3-4,6,8-9H2,(H,18,21)/t11-/m0/s1. The molecule has 5 nitrogen and oxygen atoms in total. The number of carbonyl (C=O) groups excluding carboxylic acids is 1. The van der Waals surface area contributed by atoms with Crippen LogP contribution < -0.4 is 10.2 Å². The average molecular weight is 309 g/mol. The van der Waals surface area contributed by atoms with Crippen LogP contribution in [-0.2, 0) is 4.79 Å². The average Bonchev–Trinajstić information content (AvgIpc) is 2.96. The van der Waals surface area contributed by atoms with Crippen LogP contribution in [-0.4, -0.2) is 36.4 Å². The number of anilines is 1. The van der Waals surface area contributed by atoms with Gasteiger partial charge in [0.2, 0.25) is 5.91 Å². The van der Waals surface area contributed by atoms with Crippen molar-refractivity contribution in [2.45, 2.75) is 31.7 Å². The van der Waals surface area contributed by atoms with E-state index in [1.807, 2.05) is 24.3 Å². The zero-order chi connectivity index (χ0) is 15.5. The number of hydrogen-bond donors (Lipinski definition) is 1. The summed E-state index contributed by atoms with van der Waals surface area (Å²) in [4.78, 5) is 18.3. The molecule has 1 fully saturated rings. The lowest BCUT2D eigenvalue weighted by molar-refractivity contribution is -0.123. The second-order valence-corrected chi connectivity index (χ2v) is 5.31. The van der Waals surface area contributed by atoms with Crippen molar-refractivity contribution in [2.75, 3.05) is 18.0 Å². The van der Waals surface area contributed by atoms with Crippen LogP contribution in [0, 0.1) is 0 Å². The Morgan fingerprint density at radius 3 is 3.00 bits per heavy atom. The van der Waals surface area contributed by atoms with Gasteiger partial charge in [0.25, 0.3) is 12.4 Å². The van der Waals surface area contributed by atoms with Gasteiger partial charge in [0.15, 0.2) is 5.58 Å². The summed E-state index contributed by atoms with van der Waals surface area (Å²) in [6, 6.07) is 7.20. The first-order chi connectivity index (χ1) is 10.6. The number of alkyl halides is 2. The molecule has 1 atom stereocenters. The van der Waals surface area contributed by atoms with Crippen molar-refractivity contribution in [2.24, 2.45) is 0 Å². The smallest absolute Gasteiger partial charge is 0.299 e. The Balaban J connectivity index is 1.81. The van der Waals surface area contributed by atoms with Gasteiger partial charge in [0.1, 0.15) is 11.6 Å². The molecule has 0 saturated carbocycles. The number of amides is 1. The third-order valence-corrected chi connectivity index (χ3v) is 3.76. The van der Waals surface area contributed by atoms with Crippen LogP contribution in [0.4, 0.5) is 14.8 Å². The Morgan fingerprint density at radius 1 is 1.41 bits per heavy atom. The molecule has 2 heterocycles. The SMILES string of the molecule is O=C(NCC(F)F)[C@@H]1CCCCN1c1nc2ccccc2o1. The van der Waals surface area contributed by atoms with E-state index in [2.05, 4.69) is 10.3 Å². The summed E-state index contributed by atoms with van der Waals surface area (Å²) < 4.78 is 30.2. The lowest BCUT2D eigenvalue weighted by atomic mass is 10.0. The highest BCUT2D eigenvalue weighted by Crippen LogP contribution is 2.27. The van der Waals surface area contributed by atoms with E-state index < -0.39 is 24.9 Å². The maximum atomic E-state index is 12.3. The maximum Gasteiger partial charge on any atom is 0.299 e. The molecule has 1 N–H and O–H groups in total. The molecule has 3 rings (SSSR count). The van der Waals surface area contributed by atoms with Gasteiger partial charge < -0.3 is 14.6 Å². The third kappa shape index (κ3) is 3.03. The van der Waals surface area contributed by atoms with Crippen LogP contribution in [0.3, 0.4) is 0 Å². The number of hydrogen-bond acceptors (Lipinski definition) is 4. The minimum Gasteiger partial charge on any atom is -0.423 e. The van der Waals surface area contributed by atoms with E-state index in [4.69, 9.17) is 4.42 Å². The number of carbonyl (C=O) groups is 1. The molecule has 1 aromatic carbocycles. The molecule has 0 unspecified atom stereocenters. The van der Waals surface area contributed by atoms with Crippen molar-refractivity contribution in [1.82, 2.24) is 10.3 Å². The van der Waals surface area contributed by atoms with E-state index in [1.165, 1.54) is 0 Å². The molecule has 1 aliphatic rings. The lowest BCUT2D eigenvalue weighted by Crippen LogP contribution is -2.50. The number of oxazole rings is 1. The van der Waals surface area contributed by atoms with Gasteiger partial charge in [-0.1, -0.05) is 12.1 Å². The summed E-state index contributed by atoms with van der Waals surface area (Å²) in [5, 5.41) is 2.29. The Bertz CT molecular complexity index is 626. The lowest BCUT2D eigenvalue weighted by Gasteiger charge is -2.33. The molecular weight excluding hydrogens is 292 g/mol. The molecule has 1 amide bonds. The Hall–Kier alpha value is -2.18. The number of rotatable bonds is 4. The van der Waals surface area contributed by atoms with Gasteiger partial charge in [-0.3, -0.25) is 4.79 Å². The van der Waals surface area contributed by atoms with Crippen LogP contribution in [0.25, 0.3) is 11.1 Å². The predicted molar refractivity (Wildman–Crippen MR) is 78.0 cm³/mol. The highest BCUT2D eigenvalue weighted by atomic mass is 19.3. The Kier molecular flexibility index (Phi) is 4.22. The van der Waals surface area contributed by atoms with E-state index in [9.17, 15) is 13.6 Å². The largest absolute Gasteiger partial charge is 0.423 e. The van der Waals surface area contributed by atoms with Crippen molar-refractivity contribution >= 4 is 23.0 Å². The van der Waals surface area contributed by atoms with E-state index in [-0.39, 0.29) is 0 Å². The second-order valence-electron chi connectivity index (χ2n) is 5.31. The number of nitrogens with one attached hydrogen (secondary N) is 1. The van der Waals surface area contributed by atoms with Crippen LogP contribution >= 0.6 is 0 Å². The van der Waals surface area contributed by atoms with Gasteiger partial charge in [0, 0.05) is 6.54 Å². The van der Waals surface area contributed by atoms with Crippen molar-refractivity contribution < 1.29 is 18.0 Å². The van der Waals surface area contributed by atoms with Gasteiger partial charge in [-0.2, -0.15) is 4.98 Å². The quantitative estimate of drug-likeness (QED) is 0.943. The number of piperidine rings is 1. The van der Waals surface area contributed by atoms with E-state index >= 15 is 0 Å². The molecule has 1 aliphatic heterocycles. The second kappa shape index (κ2) is 6.29. The van der Waals surface area contributed by atoms with E-state index in [0.717, 1.165) is 18.4 Å². The number of aromatic nitrogens is 1. The van der Waals surface area contributed by atoms with Crippen molar-refractivity contribution in [3.05, 3.63) is 24.3 Å². The molecule has 7 heteroatoms. The molecule has 0 aliphatic carbocycles. The maximum absolute atomic E-state index is 12.3. The van der Waals surface area contributed by atoms with Crippen molar-refractivity contribution in [1.29, 1.82) is 0 Å². The number of fused-ring (bicyclic) bond motifs is 1. The van der Waals surface area contributed by atoms with Crippen LogP contribution in [0.15, 0.2) is 28.7 Å². The number of nitrogens with zero attached hydrogens (tertiary/aromatic N) is 2. The summed E-state index contributed by atoms with van der Waals surface area (Å²) in [5.41, 5.74) is 1.37. The number of para-hydroxylation sites is 2. The molecule has 1 saturated heterocycles. The molecule has 118 valence electrons. The number of benzene rings is 1. The summed E-state index contributed by atoms with van der Waals surface area (Å²) in [6.07, 6.45) is -0.153. The van der Waals surface area contributed by atoms with E-state index in [0.29, 0.717) is 24.6 Å². The molecule has 0 radical (unpaired) electrons. The van der Waals surface area contributed by atoms with Crippen molar-refractivity contribution in [3.8, 4) is 0 Å². The topological polar surface area (TPSA) is 58.4 Å². The minimum absolute atomic E-state index is 0.373. The summed E-state index contributed by atoms with van der Waals surface area (Å²) in [7, 11) is 0. The molecule has 2 aromatic rings. The fraction of sp³-hybridized carbons (Fsp3) is 0.467. The first kappa shape index (κ1) is 14.7. The van der Waals surface area contributed by atoms with Gasteiger partial charge in [-0.25, -0.2) is 8.78 Å². The molecule has 0 bridgehead atoms. The molecule has 22 heavy (non-hydrogen) atoms. The van der Waals surface area contributed by atoms with Crippen LogP contribution in [0.2, 0.25) is 0 Å². The van der Waals surface area contributed by atoms with Gasteiger partial charge in [-0.05, 0) is 31.4 Å². The zero-order valence-electron chi connectivity index (χ0n) is 12.0. The van der Waals surface area contributed by atoms with Gasteiger partial charge in [0.05, 0.1) is 6.54 Å². The Labute approximate surface area is 126 Å². The van der Waals surface area contributed by atoms with Crippen LogP contribution in [0.1, 0.15) is 19.3 Å². The third-order valence-electron chi connectivity index (χ3n) is 3.76. The zero-order valence-corrected chi connectivity index (χ0v) is 12.0. The van der Waals surface area contributed by atoms with Gasteiger partial charge >= 0.3 is 0 Å². The summed E-state index contributed by atoms with van der Waals surface area (Å²) in [5.74, 6) is -0.401. The fourth-order valence-electron chi connectivity index (χ4n) is 2.71. The highest BCUT2D eigenvalue weighted by molar-refractivity contribution is 5.85. The monoisotopic (exact) mass is 309 g/mol. The fourth-order valence-corrected chi connectivity index (χ4v) is 2.71. The van der Waals surface area contributed by atoms with E-state index in [1.54, 1.807) is 4.90 Å². The Morgan fingerprint density at radius 2 is 2.23 bits per heavy atom. The van der Waals surface area contributed by atoms with Crippen molar-refractivity contribution in [3.63, 3.8) is 0 Å². The summed E-state index contributed by atoms with van der Waals surface area (Å²) in [6.45, 7) is -0.00365. The van der Waals surface area contributed by atoms with Crippen LogP contribution in [0.5, 0.6) is 0 Å². The normalized spacial score (nSPS) is 18.9. The minimum atomic E-state index is -2.55. The number of halogens is 2. The summed E-state index contributed by atoms with van der Waals surface area (Å²) >= 11 is 0. The predicted octanol–water partition coefficient (Wildman–Crippen LogP) is 2.57. The molecule has 0 spiro atoms. The molecule has 1 aromatic heterocycles. The highest BCUT2D eigenvalue weighted by Gasteiger charge is 2.32.